The largest absolute Gasteiger partial charge is 0.497 e. The third kappa shape index (κ3) is 6.22. The highest BCUT2D eigenvalue weighted by atomic mass is 35.5. The van der Waals surface area contributed by atoms with Crippen LogP contribution in [0.2, 0.25) is 5.15 Å². The number of halogens is 1. The summed E-state index contributed by atoms with van der Waals surface area (Å²) in [5.74, 6) is 0.578. The minimum Gasteiger partial charge on any atom is -0.497 e. The van der Waals surface area contributed by atoms with Crippen molar-refractivity contribution in [1.29, 1.82) is 0 Å². The van der Waals surface area contributed by atoms with E-state index in [1.165, 1.54) is 6.08 Å². The van der Waals surface area contributed by atoms with Crippen molar-refractivity contribution in [3.8, 4) is 5.75 Å². The molecular weight excluding hydrogens is 426 g/mol. The summed E-state index contributed by atoms with van der Waals surface area (Å²) < 4.78 is 12.5. The van der Waals surface area contributed by atoms with E-state index in [1.807, 2.05) is 62.4 Å². The van der Waals surface area contributed by atoms with E-state index in [2.05, 4.69) is 10.4 Å². The quantitative estimate of drug-likeness (QED) is 0.449. The van der Waals surface area contributed by atoms with Gasteiger partial charge in [0.15, 0.2) is 0 Å². The lowest BCUT2D eigenvalue weighted by atomic mass is 10.1. The van der Waals surface area contributed by atoms with Gasteiger partial charge in [-0.1, -0.05) is 48.0 Å². The van der Waals surface area contributed by atoms with E-state index in [-0.39, 0.29) is 5.91 Å². The Morgan fingerprint density at radius 2 is 1.97 bits per heavy atom. The van der Waals surface area contributed by atoms with Gasteiger partial charge in [-0.3, -0.25) is 4.79 Å². The van der Waals surface area contributed by atoms with E-state index in [9.17, 15) is 4.79 Å². The van der Waals surface area contributed by atoms with Crippen molar-refractivity contribution in [2.24, 2.45) is 0 Å². The molecule has 0 aliphatic rings. The molecule has 32 heavy (non-hydrogen) atoms. The molecule has 0 radical (unpaired) electrons. The zero-order chi connectivity index (χ0) is 22.9. The summed E-state index contributed by atoms with van der Waals surface area (Å²) in [6.45, 7) is 5.94. The number of ether oxygens (including phenoxy) is 2. The number of hydrogen-bond acceptors (Lipinski definition) is 4. The molecule has 0 saturated carbocycles. The number of benzene rings is 2. The van der Waals surface area contributed by atoms with Gasteiger partial charge in [0.1, 0.15) is 10.9 Å². The maximum Gasteiger partial charge on any atom is 0.244 e. The molecule has 0 aliphatic heterocycles. The summed E-state index contributed by atoms with van der Waals surface area (Å²) in [5, 5.41) is 7.92. The van der Waals surface area contributed by atoms with Gasteiger partial charge in [-0.15, -0.1) is 0 Å². The number of methoxy groups -OCH3 is 1. The zero-order valence-electron chi connectivity index (χ0n) is 18.6. The van der Waals surface area contributed by atoms with Crippen LogP contribution in [0.5, 0.6) is 5.75 Å². The van der Waals surface area contributed by atoms with Crippen molar-refractivity contribution in [2.75, 3.05) is 13.7 Å². The molecule has 2 aromatic carbocycles. The van der Waals surface area contributed by atoms with E-state index in [1.54, 1.807) is 17.9 Å². The molecular formula is C25H28ClN3O3. The molecule has 0 bridgehead atoms. The number of hydrogen-bond donors (Lipinski definition) is 1. The second kappa shape index (κ2) is 11.5. The SMILES string of the molecule is CCOCc1ccccc1CNC(=O)C=Cc1c(C)nn(Cc2cccc(OC)c2)c1Cl. The normalized spacial score (nSPS) is 11.1. The number of carbonyl (C=O) groups excluding carboxylic acids is 1. The molecule has 0 aliphatic carbocycles. The minimum absolute atomic E-state index is 0.202. The van der Waals surface area contributed by atoms with Gasteiger partial charge in [0.05, 0.1) is 26.0 Å². The van der Waals surface area contributed by atoms with Crippen molar-refractivity contribution >= 4 is 23.6 Å². The van der Waals surface area contributed by atoms with Crippen molar-refractivity contribution in [2.45, 2.75) is 33.5 Å². The van der Waals surface area contributed by atoms with Crippen molar-refractivity contribution in [3.05, 3.63) is 87.7 Å². The molecule has 0 unspecified atom stereocenters. The van der Waals surface area contributed by atoms with Crippen LogP contribution < -0.4 is 10.1 Å². The van der Waals surface area contributed by atoms with Crippen molar-refractivity contribution in [1.82, 2.24) is 15.1 Å². The van der Waals surface area contributed by atoms with Gasteiger partial charge in [0.2, 0.25) is 5.91 Å². The Bertz CT molecular complexity index is 1090. The van der Waals surface area contributed by atoms with Crippen molar-refractivity contribution in [3.63, 3.8) is 0 Å². The minimum atomic E-state index is -0.202. The molecule has 7 heteroatoms. The van der Waals surface area contributed by atoms with E-state index in [0.717, 1.165) is 33.7 Å². The van der Waals surface area contributed by atoms with Crippen molar-refractivity contribution < 1.29 is 14.3 Å². The highest BCUT2D eigenvalue weighted by Gasteiger charge is 2.12. The maximum atomic E-state index is 12.4. The van der Waals surface area contributed by atoms with Gasteiger partial charge in [-0.2, -0.15) is 5.10 Å². The monoisotopic (exact) mass is 453 g/mol. The molecule has 0 spiro atoms. The van der Waals surface area contributed by atoms with Crippen LogP contribution in [0.15, 0.2) is 54.6 Å². The third-order valence-corrected chi connectivity index (χ3v) is 5.41. The lowest BCUT2D eigenvalue weighted by molar-refractivity contribution is -0.116. The third-order valence-electron chi connectivity index (χ3n) is 5.01. The summed E-state index contributed by atoms with van der Waals surface area (Å²) in [6.07, 6.45) is 3.19. The lowest BCUT2D eigenvalue weighted by Crippen LogP contribution is -2.21. The number of aromatic nitrogens is 2. The van der Waals surface area contributed by atoms with Gasteiger partial charge in [0, 0.05) is 24.8 Å². The fraction of sp³-hybridized carbons (Fsp3) is 0.280. The molecule has 6 nitrogen and oxygen atoms in total. The number of aryl methyl sites for hydroxylation is 1. The number of nitrogens with one attached hydrogen (secondary N) is 1. The summed E-state index contributed by atoms with van der Waals surface area (Å²) in [7, 11) is 1.63. The summed E-state index contributed by atoms with van der Waals surface area (Å²) in [5.41, 5.74) is 4.59. The predicted molar refractivity (Wildman–Crippen MR) is 127 cm³/mol. The van der Waals surface area contributed by atoms with E-state index < -0.39 is 0 Å². The zero-order valence-corrected chi connectivity index (χ0v) is 19.4. The van der Waals surface area contributed by atoms with E-state index in [0.29, 0.717) is 31.5 Å². The maximum absolute atomic E-state index is 12.4. The Kier molecular flexibility index (Phi) is 8.48. The van der Waals surface area contributed by atoms with E-state index in [4.69, 9.17) is 21.1 Å². The van der Waals surface area contributed by atoms with Crippen LogP contribution in [0.4, 0.5) is 0 Å². The Morgan fingerprint density at radius 1 is 1.19 bits per heavy atom. The average molecular weight is 454 g/mol. The van der Waals surface area contributed by atoms with Gasteiger partial charge in [0.25, 0.3) is 0 Å². The molecule has 1 aromatic heterocycles. The lowest BCUT2D eigenvalue weighted by Gasteiger charge is -2.09. The Balaban J connectivity index is 1.64. The smallest absolute Gasteiger partial charge is 0.244 e. The standard InChI is InChI=1S/C25H28ClN3O3/c1-4-32-17-21-10-6-5-9-20(21)15-27-24(30)13-12-23-18(2)28-29(25(23)26)16-19-8-7-11-22(14-19)31-3/h5-14H,4,15-17H2,1-3H3,(H,27,30). The molecule has 0 atom stereocenters. The van der Waals surface area contributed by atoms with Crippen LogP contribution in [0, 0.1) is 6.92 Å². The fourth-order valence-electron chi connectivity index (χ4n) is 3.29. The van der Waals surface area contributed by atoms with Crippen LogP contribution in [-0.2, 0) is 29.2 Å². The summed E-state index contributed by atoms with van der Waals surface area (Å²) >= 11 is 6.55. The average Bonchev–Trinajstić information content (AvgIpc) is 3.07. The first kappa shape index (κ1) is 23.6. The molecule has 0 saturated heterocycles. The van der Waals surface area contributed by atoms with Crippen LogP contribution in [0.3, 0.4) is 0 Å². The Labute approximate surface area is 193 Å². The van der Waals surface area contributed by atoms with Gasteiger partial charge in [-0.25, -0.2) is 4.68 Å². The number of rotatable bonds is 10. The first-order valence-electron chi connectivity index (χ1n) is 10.5. The Morgan fingerprint density at radius 3 is 2.72 bits per heavy atom. The molecule has 3 aromatic rings. The molecule has 1 heterocycles. The summed E-state index contributed by atoms with van der Waals surface area (Å²) in [4.78, 5) is 12.4. The second-order valence-electron chi connectivity index (χ2n) is 7.26. The highest BCUT2D eigenvalue weighted by molar-refractivity contribution is 6.31. The topological polar surface area (TPSA) is 65.4 Å². The first-order chi connectivity index (χ1) is 15.5. The van der Waals surface area contributed by atoms with Gasteiger partial charge in [-0.05, 0) is 48.7 Å². The first-order valence-corrected chi connectivity index (χ1v) is 10.9. The van der Waals surface area contributed by atoms with E-state index >= 15 is 0 Å². The van der Waals surface area contributed by atoms with Crippen LogP contribution in [0.25, 0.3) is 6.08 Å². The second-order valence-corrected chi connectivity index (χ2v) is 7.61. The molecule has 1 amide bonds. The number of amides is 1. The summed E-state index contributed by atoms with van der Waals surface area (Å²) in [6, 6.07) is 15.7. The molecule has 0 fully saturated rings. The molecule has 1 N–H and O–H groups in total. The molecule has 168 valence electrons. The highest BCUT2D eigenvalue weighted by Crippen LogP contribution is 2.23. The fourth-order valence-corrected chi connectivity index (χ4v) is 3.59. The van der Waals surface area contributed by atoms with Gasteiger partial charge >= 0.3 is 0 Å². The number of carbonyl (C=O) groups is 1. The predicted octanol–water partition coefficient (Wildman–Crippen LogP) is 4.77. The number of nitrogens with zero attached hydrogens (tertiary/aromatic N) is 2. The Hall–Kier alpha value is -3.09. The van der Waals surface area contributed by atoms with Crippen LogP contribution >= 0.6 is 11.6 Å². The van der Waals surface area contributed by atoms with Crippen LogP contribution in [0.1, 0.15) is 34.9 Å². The van der Waals surface area contributed by atoms with Gasteiger partial charge < -0.3 is 14.8 Å². The molecule has 3 rings (SSSR count). The van der Waals surface area contributed by atoms with Crippen LogP contribution in [-0.4, -0.2) is 29.4 Å².